The second-order valence-corrected chi connectivity index (χ2v) is 9.95. The van der Waals surface area contributed by atoms with E-state index in [1.54, 1.807) is 55.4 Å². The molecule has 8 atom stereocenters. The van der Waals surface area contributed by atoms with Crippen molar-refractivity contribution in [3.63, 3.8) is 0 Å². The number of aliphatic hydroxyl groups is 8. The Bertz CT molecular complexity index is 508. The summed E-state index contributed by atoms with van der Waals surface area (Å²) in [6.45, 7) is 18.4. The number of Topliss-reactive ketones (excluding diaryl/α,β-unsaturated/α-hetero) is 4. The van der Waals surface area contributed by atoms with E-state index in [1.807, 2.05) is 0 Å². The molecule has 0 aromatic heterocycles. The Balaban J connectivity index is -0.0000000584. The molecule has 44 heavy (non-hydrogen) atoms. The molecule has 274 valence electrons. The van der Waals surface area contributed by atoms with Gasteiger partial charge in [0.15, 0.2) is 0 Å². The first kappa shape index (κ1) is 62.3. The number of hydrogen-bond acceptors (Lipinski definition) is 12. The minimum Gasteiger partial charge on any atom is -0.425 e. The summed E-state index contributed by atoms with van der Waals surface area (Å²) in [5, 5.41) is 68.3. The topological polar surface area (TPSA) is 230 Å². The first-order chi connectivity index (χ1) is 18.8. The van der Waals surface area contributed by atoms with Crippen LogP contribution in [0.15, 0.2) is 0 Å². The Morgan fingerprint density at radius 3 is 0.545 bits per heavy atom. The average molecular weight is 997 g/mol. The van der Waals surface area contributed by atoms with Gasteiger partial charge in [-0.2, -0.15) is 0 Å². The summed E-state index contributed by atoms with van der Waals surface area (Å²) in [5.74, 6) is -0.750. The Hall–Kier alpha value is -0.601. The maximum Gasteiger partial charge on any atom is 0.0536 e. The molecule has 2 radical (unpaired) electrons. The third-order valence-corrected chi connectivity index (χ3v) is 3.29. The molecule has 0 spiro atoms. The van der Waals surface area contributed by atoms with Gasteiger partial charge in [-0.25, -0.2) is 0 Å². The number of hydrogen-bond donors (Lipinski definition) is 8. The zero-order valence-electron chi connectivity index (χ0n) is 28.2. The van der Waals surface area contributed by atoms with Crippen molar-refractivity contribution in [1.29, 1.82) is 0 Å². The summed E-state index contributed by atoms with van der Waals surface area (Å²) >= 11 is 0. The van der Waals surface area contributed by atoms with Crippen molar-refractivity contribution in [3.8, 4) is 0 Å². The van der Waals surface area contributed by atoms with E-state index < -0.39 is 24.4 Å². The first-order valence-electron chi connectivity index (χ1n) is 13.6. The number of carbonyl (C=O) groups excluding carboxylic acids is 4. The molecule has 0 aliphatic rings. The Kier molecular flexibility index (Phi) is 60.0. The van der Waals surface area contributed by atoms with Gasteiger partial charge in [-0.05, 0) is 68.2 Å². The van der Waals surface area contributed by atoms with Gasteiger partial charge < -0.3 is 60.0 Å². The van der Waals surface area contributed by atoms with Gasteiger partial charge in [0.2, 0.25) is 0 Å². The second-order valence-electron chi connectivity index (χ2n) is 9.95. The molecule has 0 amide bonds. The third kappa shape index (κ3) is 123. The minimum absolute atomic E-state index is 0. The van der Waals surface area contributed by atoms with Crippen LogP contribution in [-0.4, -0.2) is 113 Å². The van der Waals surface area contributed by atoms with E-state index in [2.05, 4.69) is 0 Å². The van der Waals surface area contributed by atoms with Crippen molar-refractivity contribution in [2.45, 2.75) is 145 Å². The van der Waals surface area contributed by atoms with Gasteiger partial charge in [0.25, 0.3) is 0 Å². The van der Waals surface area contributed by atoms with Crippen LogP contribution in [0.25, 0.3) is 0 Å². The summed E-state index contributed by atoms with van der Waals surface area (Å²) in [4.78, 5) is 39.9. The fourth-order valence-electron chi connectivity index (χ4n) is 2.37. The van der Waals surface area contributed by atoms with Crippen molar-refractivity contribution in [1.82, 2.24) is 0 Å². The predicted octanol–water partition coefficient (Wildman–Crippen LogP) is 0.913. The van der Waals surface area contributed by atoms with E-state index in [0.717, 1.165) is 12.8 Å². The molecule has 8 N–H and O–H groups in total. The molecule has 0 aromatic carbocycles. The molecule has 0 fully saturated rings. The van der Waals surface area contributed by atoms with Gasteiger partial charge in [0, 0.05) is 63.3 Å². The van der Waals surface area contributed by atoms with Crippen LogP contribution in [0.3, 0.4) is 0 Å². The zero-order chi connectivity index (χ0) is 35.2. The number of ketones is 4. The zero-order valence-corrected chi connectivity index (χ0v) is 33.0. The Morgan fingerprint density at radius 2 is 0.545 bits per heavy atom. The van der Waals surface area contributed by atoms with E-state index in [9.17, 15) is 19.2 Å². The molecule has 0 aliphatic heterocycles. The van der Waals surface area contributed by atoms with Crippen molar-refractivity contribution in [3.05, 3.63) is 25.7 Å². The van der Waals surface area contributed by atoms with Gasteiger partial charge in [-0.15, -0.1) is 0 Å². The van der Waals surface area contributed by atoms with E-state index >= 15 is 0 Å². The number of aliphatic hydroxyl groups excluding tert-OH is 8. The summed E-state index contributed by atoms with van der Waals surface area (Å²) in [7, 11) is 0. The van der Waals surface area contributed by atoms with Crippen LogP contribution in [0.4, 0.5) is 0 Å². The molecule has 0 aromatic rings. The SMILES string of the molecule is CC(=O)[CH-]C(C)=O.CC(=O)[CH-]C(C)=O.CC(O)C[C@H](C)O.CC(O)[CH-][C@H](C)O.C[C@@H](O)C[C@@H](C)O.C[C@@H](O)[CH-][C@@H](C)O.[Ir].[Ir]. The minimum atomic E-state index is -0.500. The van der Waals surface area contributed by atoms with Gasteiger partial charge in [0.1, 0.15) is 0 Å². The summed E-state index contributed by atoms with van der Waals surface area (Å²) in [6.07, 6.45) is 2.44. The normalized spacial score (nSPS) is 14.5. The summed E-state index contributed by atoms with van der Waals surface area (Å²) < 4.78 is 0. The molecule has 0 heterocycles. The van der Waals surface area contributed by atoms with Gasteiger partial charge in [-0.1, -0.05) is 52.1 Å². The molecule has 0 saturated carbocycles. The van der Waals surface area contributed by atoms with Crippen molar-refractivity contribution in [2.75, 3.05) is 0 Å². The monoisotopic (exact) mass is 998 g/mol. The molecular weight excluding hydrogens is 937 g/mol. The smallest absolute Gasteiger partial charge is 0.0536 e. The fraction of sp³-hybridized carbons (Fsp3) is 0.733. The van der Waals surface area contributed by atoms with E-state index in [4.69, 9.17) is 40.9 Å². The van der Waals surface area contributed by atoms with Crippen LogP contribution >= 0.6 is 0 Å². The van der Waals surface area contributed by atoms with Crippen LogP contribution < -0.4 is 0 Å². The van der Waals surface area contributed by atoms with Crippen molar-refractivity contribution in [2.24, 2.45) is 0 Å². The maximum absolute atomic E-state index is 9.98. The van der Waals surface area contributed by atoms with Gasteiger partial charge in [0.05, 0.1) is 24.4 Å². The quantitative estimate of drug-likeness (QED) is 0.101. The molecule has 0 rings (SSSR count). The van der Waals surface area contributed by atoms with Crippen LogP contribution in [0.1, 0.15) is 95.9 Å². The van der Waals surface area contributed by atoms with Gasteiger partial charge >= 0.3 is 0 Å². The maximum atomic E-state index is 9.98. The second kappa shape index (κ2) is 42.4. The molecule has 0 saturated heterocycles. The number of rotatable bonds is 12. The Labute approximate surface area is 292 Å². The average Bonchev–Trinajstić information content (AvgIpc) is 2.63. The van der Waals surface area contributed by atoms with E-state index in [0.29, 0.717) is 12.8 Å². The van der Waals surface area contributed by atoms with E-state index in [1.165, 1.54) is 40.5 Å². The van der Waals surface area contributed by atoms with Crippen LogP contribution in [0.5, 0.6) is 0 Å². The van der Waals surface area contributed by atoms with Crippen LogP contribution in [-0.2, 0) is 59.4 Å². The third-order valence-electron chi connectivity index (χ3n) is 3.29. The van der Waals surface area contributed by atoms with Crippen molar-refractivity contribution >= 4 is 23.1 Å². The van der Waals surface area contributed by atoms with Gasteiger partial charge in [-0.3, -0.25) is 25.7 Å². The summed E-state index contributed by atoms with van der Waals surface area (Å²) in [6, 6.07) is 0. The van der Waals surface area contributed by atoms with Crippen LogP contribution in [0, 0.1) is 25.7 Å². The molecule has 0 bridgehead atoms. The fourth-order valence-corrected chi connectivity index (χ4v) is 2.37. The largest absolute Gasteiger partial charge is 0.425 e. The van der Waals surface area contributed by atoms with Crippen LogP contribution in [0.2, 0.25) is 0 Å². The first-order valence-corrected chi connectivity index (χ1v) is 13.6. The van der Waals surface area contributed by atoms with Crippen molar-refractivity contribution < 1.29 is 100 Å². The molecule has 2 unspecified atom stereocenters. The standard InChI is InChI=1S/2C5H12O2.2C5H11O2.2C5H7O2.2Ir/c6*1-4(6)3-5(2)7;;/h2*4-7H,3H2,1-2H3;2*3-7H,1-2H3;2*3H,1-2H3;;/q;;4*-1;;/t4-,5?;4-,5-;4-,5?;4-,5-;;;;/m0101..../s1. The predicted molar refractivity (Wildman–Crippen MR) is 163 cm³/mol. The number of carbonyl (C=O) groups is 4. The van der Waals surface area contributed by atoms with E-state index in [-0.39, 0.29) is 87.8 Å². The molecule has 0 aliphatic carbocycles. The molecular formula is C30H60Ir2O12-4. The summed E-state index contributed by atoms with van der Waals surface area (Å²) in [5.41, 5.74) is 0. The molecule has 14 heteroatoms. The Morgan fingerprint density at radius 1 is 0.409 bits per heavy atom. The molecule has 12 nitrogen and oxygen atoms in total.